The molecule has 2 aromatic carbocycles. The third kappa shape index (κ3) is 5.38. The number of ether oxygens (including phenoxy) is 1. The van der Waals surface area contributed by atoms with Crippen molar-refractivity contribution in [3.8, 4) is 5.75 Å². The first-order valence-corrected chi connectivity index (χ1v) is 7.46. The molecule has 1 atom stereocenters. The van der Waals surface area contributed by atoms with E-state index in [1.807, 2.05) is 48.5 Å². The Morgan fingerprint density at radius 2 is 1.76 bits per heavy atom. The van der Waals surface area contributed by atoms with Crippen molar-refractivity contribution in [3.05, 3.63) is 65.2 Å². The molecule has 0 aromatic heterocycles. The van der Waals surface area contributed by atoms with Crippen molar-refractivity contribution in [2.24, 2.45) is 0 Å². The van der Waals surface area contributed by atoms with Gasteiger partial charge in [-0.15, -0.1) is 0 Å². The monoisotopic (exact) mass is 305 g/mol. The molecule has 0 radical (unpaired) electrons. The average Bonchev–Trinajstić information content (AvgIpc) is 2.52. The number of hydrogen-bond acceptors (Lipinski definition) is 3. The van der Waals surface area contributed by atoms with Crippen molar-refractivity contribution in [1.29, 1.82) is 0 Å². The predicted molar refractivity (Wildman–Crippen MR) is 85.8 cm³/mol. The van der Waals surface area contributed by atoms with Gasteiger partial charge in [0.25, 0.3) is 0 Å². The van der Waals surface area contributed by atoms with Gasteiger partial charge in [-0.2, -0.15) is 0 Å². The van der Waals surface area contributed by atoms with E-state index in [1.165, 1.54) is 0 Å². The fourth-order valence-electron chi connectivity index (χ4n) is 2.00. The van der Waals surface area contributed by atoms with Crippen molar-refractivity contribution >= 4 is 11.6 Å². The molecule has 112 valence electrons. The van der Waals surface area contributed by atoms with Gasteiger partial charge in [-0.1, -0.05) is 48.0 Å². The second-order valence-corrected chi connectivity index (χ2v) is 5.16. The van der Waals surface area contributed by atoms with Gasteiger partial charge < -0.3 is 15.2 Å². The second-order valence-electron chi connectivity index (χ2n) is 4.76. The van der Waals surface area contributed by atoms with E-state index in [2.05, 4.69) is 5.32 Å². The maximum atomic E-state index is 10.1. The number of halogens is 1. The highest BCUT2D eigenvalue weighted by Gasteiger charge is 2.09. The SMILES string of the molecule is OC(CNCCCOc1ccccc1)c1ccccc1Cl. The molecule has 21 heavy (non-hydrogen) atoms. The van der Waals surface area contributed by atoms with Gasteiger partial charge in [0.05, 0.1) is 12.7 Å². The largest absolute Gasteiger partial charge is 0.494 e. The van der Waals surface area contributed by atoms with Crippen LogP contribution in [0.2, 0.25) is 5.02 Å². The second kappa shape index (κ2) is 8.67. The molecule has 0 saturated carbocycles. The van der Waals surface area contributed by atoms with E-state index < -0.39 is 6.10 Å². The minimum absolute atomic E-state index is 0.481. The number of hydrogen-bond donors (Lipinski definition) is 2. The molecule has 0 spiro atoms. The Morgan fingerprint density at radius 1 is 1.05 bits per heavy atom. The van der Waals surface area contributed by atoms with Crippen LogP contribution in [0.5, 0.6) is 5.75 Å². The fraction of sp³-hybridized carbons (Fsp3) is 0.294. The van der Waals surface area contributed by atoms with Crippen molar-refractivity contribution in [1.82, 2.24) is 5.32 Å². The summed E-state index contributed by atoms with van der Waals surface area (Å²) >= 11 is 6.04. The predicted octanol–water partition coefficient (Wildman–Crippen LogP) is 3.43. The lowest BCUT2D eigenvalue weighted by Gasteiger charge is -2.13. The Bertz CT molecular complexity index is 533. The van der Waals surface area contributed by atoms with E-state index in [0.717, 1.165) is 24.3 Å². The van der Waals surface area contributed by atoms with Crippen molar-refractivity contribution < 1.29 is 9.84 Å². The Labute approximate surface area is 130 Å². The molecular weight excluding hydrogens is 286 g/mol. The summed E-state index contributed by atoms with van der Waals surface area (Å²) < 4.78 is 5.59. The molecule has 2 rings (SSSR count). The third-order valence-corrected chi connectivity index (χ3v) is 3.46. The van der Waals surface area contributed by atoms with Crippen LogP contribution in [0.3, 0.4) is 0 Å². The van der Waals surface area contributed by atoms with Gasteiger partial charge in [-0.05, 0) is 31.2 Å². The zero-order valence-corrected chi connectivity index (χ0v) is 12.6. The van der Waals surface area contributed by atoms with Gasteiger partial charge in [0.1, 0.15) is 5.75 Å². The van der Waals surface area contributed by atoms with Crippen LogP contribution < -0.4 is 10.1 Å². The number of nitrogens with one attached hydrogen (secondary N) is 1. The standard InChI is InChI=1S/C17H20ClNO2/c18-16-10-5-4-9-15(16)17(20)13-19-11-6-12-21-14-7-2-1-3-8-14/h1-5,7-10,17,19-20H,6,11-13H2. The van der Waals surface area contributed by atoms with Crippen molar-refractivity contribution in [3.63, 3.8) is 0 Å². The summed E-state index contributed by atoms with van der Waals surface area (Å²) in [5.41, 5.74) is 0.757. The number of benzene rings is 2. The number of aliphatic hydroxyl groups is 1. The van der Waals surface area contributed by atoms with Crippen LogP contribution in [0.4, 0.5) is 0 Å². The third-order valence-electron chi connectivity index (χ3n) is 3.11. The molecule has 0 heterocycles. The van der Waals surface area contributed by atoms with Crippen molar-refractivity contribution in [2.45, 2.75) is 12.5 Å². The lowest BCUT2D eigenvalue weighted by Crippen LogP contribution is -2.23. The zero-order chi connectivity index (χ0) is 14.9. The van der Waals surface area contributed by atoms with Crippen LogP contribution in [-0.4, -0.2) is 24.8 Å². The van der Waals surface area contributed by atoms with E-state index in [1.54, 1.807) is 6.07 Å². The molecule has 0 aliphatic heterocycles. The summed E-state index contributed by atoms with van der Waals surface area (Å²) in [4.78, 5) is 0. The number of aliphatic hydroxyl groups excluding tert-OH is 1. The first-order chi connectivity index (χ1) is 10.3. The van der Waals surface area contributed by atoms with Gasteiger partial charge in [0.15, 0.2) is 0 Å². The number of rotatable bonds is 8. The Kier molecular flexibility index (Phi) is 6.54. The summed E-state index contributed by atoms with van der Waals surface area (Å²) in [5, 5.41) is 13.9. The first-order valence-electron chi connectivity index (χ1n) is 7.08. The molecular formula is C17H20ClNO2. The van der Waals surface area contributed by atoms with Gasteiger partial charge in [0.2, 0.25) is 0 Å². The summed E-state index contributed by atoms with van der Waals surface area (Å²) in [7, 11) is 0. The minimum atomic E-state index is -0.589. The van der Waals surface area contributed by atoms with Crippen LogP contribution in [-0.2, 0) is 0 Å². The van der Waals surface area contributed by atoms with Crippen molar-refractivity contribution in [2.75, 3.05) is 19.7 Å². The maximum absolute atomic E-state index is 10.1. The zero-order valence-electron chi connectivity index (χ0n) is 11.8. The van der Waals surface area contributed by atoms with Gasteiger partial charge in [0, 0.05) is 17.1 Å². The molecule has 2 aromatic rings. The smallest absolute Gasteiger partial charge is 0.119 e. The summed E-state index contributed by atoms with van der Waals surface area (Å²) in [6, 6.07) is 17.1. The molecule has 4 heteroatoms. The van der Waals surface area contributed by atoms with Crippen LogP contribution in [0.1, 0.15) is 18.1 Å². The Hall–Kier alpha value is -1.55. The maximum Gasteiger partial charge on any atom is 0.119 e. The molecule has 0 fully saturated rings. The van der Waals surface area contributed by atoms with E-state index in [0.29, 0.717) is 18.2 Å². The summed E-state index contributed by atoms with van der Waals surface area (Å²) in [6.45, 7) is 1.92. The van der Waals surface area contributed by atoms with Gasteiger partial charge in [-0.3, -0.25) is 0 Å². The molecule has 2 N–H and O–H groups in total. The lowest BCUT2D eigenvalue weighted by molar-refractivity contribution is 0.174. The Morgan fingerprint density at radius 3 is 2.52 bits per heavy atom. The fourth-order valence-corrected chi connectivity index (χ4v) is 2.26. The van der Waals surface area contributed by atoms with E-state index >= 15 is 0 Å². The van der Waals surface area contributed by atoms with Crippen LogP contribution >= 0.6 is 11.6 Å². The molecule has 1 unspecified atom stereocenters. The molecule has 0 amide bonds. The van der Waals surface area contributed by atoms with Crippen LogP contribution in [0.15, 0.2) is 54.6 Å². The highest BCUT2D eigenvalue weighted by Crippen LogP contribution is 2.21. The first kappa shape index (κ1) is 15.8. The van der Waals surface area contributed by atoms with Crippen LogP contribution in [0, 0.1) is 0 Å². The molecule has 3 nitrogen and oxygen atoms in total. The van der Waals surface area contributed by atoms with Gasteiger partial charge in [-0.25, -0.2) is 0 Å². The van der Waals surface area contributed by atoms with Gasteiger partial charge >= 0.3 is 0 Å². The molecule has 0 aliphatic carbocycles. The molecule has 0 saturated heterocycles. The quantitative estimate of drug-likeness (QED) is 0.734. The summed E-state index contributed by atoms with van der Waals surface area (Å²) in [6.07, 6.45) is 0.290. The van der Waals surface area contributed by atoms with E-state index in [9.17, 15) is 5.11 Å². The highest BCUT2D eigenvalue weighted by atomic mass is 35.5. The van der Waals surface area contributed by atoms with Crippen LogP contribution in [0.25, 0.3) is 0 Å². The topological polar surface area (TPSA) is 41.5 Å². The average molecular weight is 306 g/mol. The van der Waals surface area contributed by atoms with E-state index in [4.69, 9.17) is 16.3 Å². The lowest BCUT2D eigenvalue weighted by atomic mass is 10.1. The minimum Gasteiger partial charge on any atom is -0.494 e. The normalized spacial score (nSPS) is 12.1. The Balaban J connectivity index is 1.61. The number of para-hydroxylation sites is 1. The molecule has 0 aliphatic rings. The van der Waals surface area contributed by atoms with E-state index in [-0.39, 0.29) is 0 Å². The highest BCUT2D eigenvalue weighted by molar-refractivity contribution is 6.31. The summed E-state index contributed by atoms with van der Waals surface area (Å²) in [5.74, 6) is 0.883. The molecule has 0 bridgehead atoms.